The number of hydrogen-bond acceptors (Lipinski definition) is 5. The van der Waals surface area contributed by atoms with E-state index in [9.17, 15) is 9.59 Å². The van der Waals surface area contributed by atoms with E-state index >= 15 is 0 Å². The molecule has 0 saturated heterocycles. The van der Waals surface area contributed by atoms with E-state index in [2.05, 4.69) is 5.32 Å². The number of carbonyl (C=O) groups is 2. The van der Waals surface area contributed by atoms with Crippen LogP contribution in [0.25, 0.3) is 0 Å². The van der Waals surface area contributed by atoms with E-state index in [0.717, 1.165) is 0 Å². The van der Waals surface area contributed by atoms with Crippen LogP contribution < -0.4 is 14.8 Å². The summed E-state index contributed by atoms with van der Waals surface area (Å²) in [6.07, 6.45) is -0.0760. The number of aliphatic hydroxyl groups excluding tert-OH is 1. The van der Waals surface area contributed by atoms with E-state index in [1.165, 1.54) is 20.3 Å². The zero-order valence-electron chi connectivity index (χ0n) is 11.3. The van der Waals surface area contributed by atoms with Crippen LogP contribution in [0.4, 0.5) is 0 Å². The first kappa shape index (κ1) is 15.8. The second-order valence-electron chi connectivity index (χ2n) is 3.92. The van der Waals surface area contributed by atoms with Crippen molar-refractivity contribution in [2.75, 3.05) is 20.8 Å². The molecule has 0 aliphatic carbocycles. The molecule has 0 aromatic heterocycles. The predicted octanol–water partition coefficient (Wildman–Crippen LogP) is 0.269. The van der Waals surface area contributed by atoms with E-state index in [4.69, 9.17) is 19.7 Å². The molecule has 0 heterocycles. The van der Waals surface area contributed by atoms with Crippen molar-refractivity contribution < 1.29 is 29.3 Å². The third-order valence-corrected chi connectivity index (χ3v) is 2.67. The molecule has 0 spiro atoms. The number of aliphatic carboxylic acids is 1. The lowest BCUT2D eigenvalue weighted by Crippen LogP contribution is -2.41. The smallest absolute Gasteiger partial charge is 0.326 e. The number of carboxylic acid groups (broad SMARTS) is 1. The standard InChI is InChI=1S/C13H17NO6/c1-19-10-5-3-4-8(11(10)20-2)12(16)14-9(6-7-15)13(17)18/h3-5,9,15H,6-7H2,1-2H3,(H,14,16)(H,17,18)/t9-/m0/s1. The Kier molecular flexibility index (Phi) is 5.79. The summed E-state index contributed by atoms with van der Waals surface area (Å²) < 4.78 is 10.2. The van der Waals surface area contributed by atoms with Gasteiger partial charge in [0.15, 0.2) is 11.5 Å². The number of rotatable bonds is 7. The molecule has 1 aromatic carbocycles. The van der Waals surface area contributed by atoms with Gasteiger partial charge in [-0.05, 0) is 12.1 Å². The minimum absolute atomic E-state index is 0.0760. The first-order valence-electron chi connectivity index (χ1n) is 5.90. The Morgan fingerprint density at radius 2 is 2.00 bits per heavy atom. The molecule has 0 bridgehead atoms. The van der Waals surface area contributed by atoms with Crippen molar-refractivity contribution in [2.24, 2.45) is 0 Å². The Labute approximate surface area is 116 Å². The molecule has 7 heteroatoms. The molecular weight excluding hydrogens is 266 g/mol. The Hall–Kier alpha value is -2.28. The van der Waals surface area contributed by atoms with Crippen molar-refractivity contribution in [3.8, 4) is 11.5 Å². The normalized spacial score (nSPS) is 11.6. The lowest BCUT2D eigenvalue weighted by Gasteiger charge is -2.16. The highest BCUT2D eigenvalue weighted by molar-refractivity contribution is 5.99. The van der Waals surface area contributed by atoms with E-state index in [1.54, 1.807) is 12.1 Å². The van der Waals surface area contributed by atoms with E-state index in [0.29, 0.717) is 5.75 Å². The lowest BCUT2D eigenvalue weighted by atomic mass is 10.1. The van der Waals surface area contributed by atoms with Crippen LogP contribution in [-0.2, 0) is 4.79 Å². The van der Waals surface area contributed by atoms with Crippen LogP contribution >= 0.6 is 0 Å². The minimum Gasteiger partial charge on any atom is -0.493 e. The van der Waals surface area contributed by atoms with Crippen LogP contribution in [0.2, 0.25) is 0 Å². The van der Waals surface area contributed by atoms with Gasteiger partial charge < -0.3 is 25.0 Å². The van der Waals surface area contributed by atoms with Crippen molar-refractivity contribution in [1.29, 1.82) is 0 Å². The summed E-state index contributed by atoms with van der Waals surface area (Å²) in [5.74, 6) is -1.23. The zero-order chi connectivity index (χ0) is 15.1. The number of ether oxygens (including phenoxy) is 2. The van der Waals surface area contributed by atoms with Gasteiger partial charge in [0.05, 0.1) is 19.8 Å². The number of benzene rings is 1. The molecule has 0 saturated carbocycles. The molecule has 20 heavy (non-hydrogen) atoms. The molecule has 0 radical (unpaired) electrons. The lowest BCUT2D eigenvalue weighted by molar-refractivity contribution is -0.139. The van der Waals surface area contributed by atoms with Gasteiger partial charge in [-0.15, -0.1) is 0 Å². The first-order valence-corrected chi connectivity index (χ1v) is 5.90. The van der Waals surface area contributed by atoms with Gasteiger partial charge in [-0.1, -0.05) is 6.07 Å². The maximum Gasteiger partial charge on any atom is 0.326 e. The Morgan fingerprint density at radius 1 is 1.30 bits per heavy atom. The molecule has 0 fully saturated rings. The predicted molar refractivity (Wildman–Crippen MR) is 70.1 cm³/mol. The molecule has 0 aliphatic heterocycles. The number of carboxylic acids is 1. The number of hydrogen-bond donors (Lipinski definition) is 3. The Bertz CT molecular complexity index is 488. The molecule has 3 N–H and O–H groups in total. The number of nitrogens with one attached hydrogen (secondary N) is 1. The Balaban J connectivity index is 2.99. The van der Waals surface area contributed by atoms with Crippen molar-refractivity contribution in [3.63, 3.8) is 0 Å². The summed E-state index contributed by atoms with van der Waals surface area (Å²) in [7, 11) is 2.82. The van der Waals surface area contributed by atoms with Crippen molar-refractivity contribution in [1.82, 2.24) is 5.32 Å². The second kappa shape index (κ2) is 7.34. The number of amides is 1. The maximum absolute atomic E-state index is 12.1. The van der Waals surface area contributed by atoms with Crippen LogP contribution in [0.3, 0.4) is 0 Å². The fraction of sp³-hybridized carbons (Fsp3) is 0.385. The maximum atomic E-state index is 12.1. The van der Waals surface area contributed by atoms with Crippen LogP contribution in [0, 0.1) is 0 Å². The molecule has 1 amide bonds. The Morgan fingerprint density at radius 3 is 2.50 bits per heavy atom. The molecule has 1 rings (SSSR count). The summed E-state index contributed by atoms with van der Waals surface area (Å²) in [5.41, 5.74) is 0.163. The number of carbonyl (C=O) groups excluding carboxylic acids is 1. The summed E-state index contributed by atoms with van der Waals surface area (Å²) in [4.78, 5) is 23.0. The highest BCUT2D eigenvalue weighted by atomic mass is 16.5. The topological polar surface area (TPSA) is 105 Å². The highest BCUT2D eigenvalue weighted by Crippen LogP contribution is 2.30. The van der Waals surface area contributed by atoms with Crippen LogP contribution in [0.15, 0.2) is 18.2 Å². The van der Waals surface area contributed by atoms with E-state index in [-0.39, 0.29) is 24.3 Å². The molecular formula is C13H17NO6. The fourth-order valence-corrected chi connectivity index (χ4v) is 1.69. The average molecular weight is 283 g/mol. The second-order valence-corrected chi connectivity index (χ2v) is 3.92. The van der Waals surface area contributed by atoms with Gasteiger partial charge in [0, 0.05) is 13.0 Å². The van der Waals surface area contributed by atoms with Gasteiger partial charge in [0.2, 0.25) is 0 Å². The highest BCUT2D eigenvalue weighted by Gasteiger charge is 2.23. The zero-order valence-corrected chi connectivity index (χ0v) is 11.3. The molecule has 1 atom stereocenters. The number of para-hydroxylation sites is 1. The van der Waals surface area contributed by atoms with Gasteiger partial charge in [-0.25, -0.2) is 4.79 Å². The van der Waals surface area contributed by atoms with Crippen LogP contribution in [0.1, 0.15) is 16.8 Å². The SMILES string of the molecule is COc1cccc(C(=O)N[C@@H](CCO)C(=O)O)c1OC. The summed E-state index contributed by atoms with van der Waals surface area (Å²) in [5, 5.41) is 20.1. The first-order chi connectivity index (χ1) is 9.54. The van der Waals surface area contributed by atoms with Crippen molar-refractivity contribution >= 4 is 11.9 Å². The molecule has 0 aliphatic rings. The van der Waals surface area contributed by atoms with Crippen LogP contribution in [-0.4, -0.2) is 49.0 Å². The summed E-state index contributed by atoms with van der Waals surface area (Å²) >= 11 is 0. The van der Waals surface area contributed by atoms with Gasteiger partial charge in [-0.3, -0.25) is 4.79 Å². The fourth-order valence-electron chi connectivity index (χ4n) is 1.69. The molecule has 7 nitrogen and oxygen atoms in total. The summed E-state index contributed by atoms with van der Waals surface area (Å²) in [6, 6.07) is 3.55. The molecule has 1 aromatic rings. The van der Waals surface area contributed by atoms with Gasteiger partial charge in [0.25, 0.3) is 5.91 Å². The average Bonchev–Trinajstić information content (AvgIpc) is 2.45. The quantitative estimate of drug-likeness (QED) is 0.663. The van der Waals surface area contributed by atoms with E-state index in [1.807, 2.05) is 0 Å². The van der Waals surface area contributed by atoms with Crippen molar-refractivity contribution in [2.45, 2.75) is 12.5 Å². The van der Waals surface area contributed by atoms with Crippen LogP contribution in [0.5, 0.6) is 11.5 Å². The molecule has 110 valence electrons. The number of methoxy groups -OCH3 is 2. The van der Waals surface area contributed by atoms with Gasteiger partial charge in [-0.2, -0.15) is 0 Å². The van der Waals surface area contributed by atoms with E-state index < -0.39 is 17.9 Å². The van der Waals surface area contributed by atoms with Crippen molar-refractivity contribution in [3.05, 3.63) is 23.8 Å². The summed E-state index contributed by atoms with van der Waals surface area (Å²) in [6.45, 7) is -0.341. The van der Waals surface area contributed by atoms with Gasteiger partial charge >= 0.3 is 5.97 Å². The third kappa shape index (κ3) is 3.61. The minimum atomic E-state index is -1.21. The van der Waals surface area contributed by atoms with Gasteiger partial charge in [0.1, 0.15) is 6.04 Å². The molecule has 0 unspecified atom stereocenters. The largest absolute Gasteiger partial charge is 0.493 e. The monoisotopic (exact) mass is 283 g/mol. The third-order valence-electron chi connectivity index (χ3n) is 2.67. The number of aliphatic hydroxyl groups is 1.